The van der Waals surface area contributed by atoms with Gasteiger partial charge in [0.25, 0.3) is 0 Å². The van der Waals surface area contributed by atoms with Crippen LogP contribution in [0.3, 0.4) is 0 Å². The second-order valence-electron chi connectivity index (χ2n) is 14.2. The Hall–Kier alpha value is -3.84. The minimum atomic E-state index is -0.515. The van der Waals surface area contributed by atoms with E-state index in [0.29, 0.717) is 68.8 Å². The number of carbonyl (C=O) groups is 1. The number of aromatic hydroxyl groups is 2. The van der Waals surface area contributed by atoms with Crippen LogP contribution in [0, 0.1) is 5.92 Å². The van der Waals surface area contributed by atoms with Gasteiger partial charge in [-0.3, -0.25) is 15.1 Å². The minimum absolute atomic E-state index is 0.0125. The number of ether oxygens (including phenoxy) is 3. The lowest BCUT2D eigenvalue weighted by atomic mass is 9.75. The number of ketones is 1. The number of carbonyl (C=O) groups excluding carboxylic acids is 1. The number of hydrogen-bond donors (Lipinski definition) is 7. The van der Waals surface area contributed by atoms with Gasteiger partial charge in [0.05, 0.1) is 25.6 Å². The molecule has 0 saturated heterocycles. The molecule has 2 aliphatic rings. The van der Waals surface area contributed by atoms with Gasteiger partial charge in [0, 0.05) is 33.2 Å². The number of guanidine groups is 1. The third-order valence-electron chi connectivity index (χ3n) is 10.3. The van der Waals surface area contributed by atoms with Gasteiger partial charge in [-0.1, -0.05) is 25.0 Å². The Morgan fingerprint density at radius 1 is 1.16 bits per heavy atom. The van der Waals surface area contributed by atoms with E-state index in [4.69, 9.17) is 19.9 Å². The molecule has 12 heteroatoms. The first kappa shape index (κ1) is 39.9. The maximum Gasteiger partial charge on any atom is 0.192 e. The van der Waals surface area contributed by atoms with Gasteiger partial charge in [-0.25, -0.2) is 0 Å². The Bertz CT molecular complexity index is 1490. The molecular weight excluding hydrogens is 650 g/mol. The van der Waals surface area contributed by atoms with Crippen molar-refractivity contribution < 1.29 is 34.3 Å². The molecular formula is C39H59N5O7. The van der Waals surface area contributed by atoms with E-state index < -0.39 is 11.7 Å². The molecule has 51 heavy (non-hydrogen) atoms. The monoisotopic (exact) mass is 709 g/mol. The summed E-state index contributed by atoms with van der Waals surface area (Å²) in [7, 11) is 5.01. The number of aliphatic hydroxyl groups excluding tert-OH is 1. The summed E-state index contributed by atoms with van der Waals surface area (Å²) < 4.78 is 17.8. The molecule has 0 radical (unpaired) electrons. The number of nitrogens with one attached hydrogen (secondary N) is 3. The molecule has 0 spiro atoms. The zero-order valence-electron chi connectivity index (χ0n) is 30.8. The van der Waals surface area contributed by atoms with Crippen molar-refractivity contribution in [1.82, 2.24) is 10.6 Å². The second-order valence-corrected chi connectivity index (χ2v) is 14.2. The molecule has 8 N–H and O–H groups in total. The summed E-state index contributed by atoms with van der Waals surface area (Å²) in [6.45, 7) is 3.86. The van der Waals surface area contributed by atoms with E-state index in [1.807, 2.05) is 25.3 Å². The highest BCUT2D eigenvalue weighted by Crippen LogP contribution is 2.50. The highest BCUT2D eigenvalue weighted by Gasteiger charge is 2.42. The molecule has 3 atom stereocenters. The molecule has 0 bridgehead atoms. The number of likely N-dealkylation sites (N-methyl/N-ethyl adjacent to an activating group) is 1. The Morgan fingerprint density at radius 3 is 2.65 bits per heavy atom. The van der Waals surface area contributed by atoms with Crippen LogP contribution in [-0.4, -0.2) is 86.4 Å². The molecule has 2 aromatic carbocycles. The second kappa shape index (κ2) is 19.1. The van der Waals surface area contributed by atoms with E-state index in [2.05, 4.69) is 20.9 Å². The van der Waals surface area contributed by atoms with Crippen LogP contribution in [0.5, 0.6) is 23.0 Å². The quantitative estimate of drug-likeness (QED) is 0.0248. The zero-order chi connectivity index (χ0) is 36.9. The van der Waals surface area contributed by atoms with E-state index in [-0.39, 0.29) is 28.7 Å². The summed E-state index contributed by atoms with van der Waals surface area (Å²) in [6, 6.07) is 9.08. The number of phenolic OH excluding ortho intramolecular Hbond substituents is 2. The number of aryl methyl sites for hydroxylation is 1. The Balaban J connectivity index is 1.51. The fourth-order valence-electron chi connectivity index (χ4n) is 7.54. The van der Waals surface area contributed by atoms with Crippen molar-refractivity contribution in [1.29, 1.82) is 0 Å². The number of benzene rings is 2. The predicted molar refractivity (Wildman–Crippen MR) is 201 cm³/mol. The highest BCUT2D eigenvalue weighted by atomic mass is 16.5. The van der Waals surface area contributed by atoms with Crippen LogP contribution >= 0.6 is 0 Å². The lowest BCUT2D eigenvalue weighted by Gasteiger charge is -2.34. The average molecular weight is 710 g/mol. The SMILES string of the molecule is CN=C(N)Nc1cc(C2(CC=CC(=O)CCc3ccc(O)c(OC)c3)CCCC2)cc(OC2(CNC)CCC(CCOCNCC(C)O)C2)c1O. The van der Waals surface area contributed by atoms with Crippen molar-refractivity contribution >= 4 is 17.4 Å². The number of nitrogens with zero attached hydrogens (tertiary/aromatic N) is 1. The maximum atomic E-state index is 12.9. The first-order chi connectivity index (χ1) is 24.5. The fraction of sp³-hybridized carbons (Fsp3) is 0.590. The van der Waals surface area contributed by atoms with Crippen molar-refractivity contribution in [3.8, 4) is 23.0 Å². The van der Waals surface area contributed by atoms with Crippen LogP contribution in [0.25, 0.3) is 0 Å². The smallest absolute Gasteiger partial charge is 0.192 e. The highest BCUT2D eigenvalue weighted by molar-refractivity contribution is 5.94. The lowest BCUT2D eigenvalue weighted by Crippen LogP contribution is -2.43. The molecule has 12 nitrogen and oxygen atoms in total. The summed E-state index contributed by atoms with van der Waals surface area (Å²) in [6.07, 6.45) is 12.3. The van der Waals surface area contributed by atoms with Gasteiger partial charge >= 0.3 is 0 Å². The van der Waals surface area contributed by atoms with Gasteiger partial charge in [0.1, 0.15) is 5.60 Å². The van der Waals surface area contributed by atoms with Gasteiger partial charge in [0.2, 0.25) is 0 Å². The molecule has 0 heterocycles. The number of allylic oxidation sites excluding steroid dienone is 2. The topological polar surface area (TPSA) is 180 Å². The summed E-state index contributed by atoms with van der Waals surface area (Å²) in [5.41, 5.74) is 7.73. The van der Waals surface area contributed by atoms with Gasteiger partial charge in [-0.05, 0) is 118 Å². The fourth-order valence-corrected chi connectivity index (χ4v) is 7.54. The van der Waals surface area contributed by atoms with Crippen LogP contribution in [0.2, 0.25) is 0 Å². The summed E-state index contributed by atoms with van der Waals surface area (Å²) in [5.74, 6) is 1.48. The molecule has 0 aromatic heterocycles. The predicted octanol–water partition coefficient (Wildman–Crippen LogP) is 4.89. The van der Waals surface area contributed by atoms with E-state index in [0.717, 1.165) is 62.5 Å². The summed E-state index contributed by atoms with van der Waals surface area (Å²) in [5, 5.41) is 40.4. The van der Waals surface area contributed by atoms with E-state index >= 15 is 0 Å². The van der Waals surface area contributed by atoms with Gasteiger partial charge < -0.3 is 45.9 Å². The maximum absolute atomic E-state index is 12.9. The lowest BCUT2D eigenvalue weighted by molar-refractivity contribution is -0.114. The Kier molecular flexibility index (Phi) is 15.0. The molecule has 2 fully saturated rings. The molecule has 2 aromatic rings. The third kappa shape index (κ3) is 11.3. The third-order valence-corrected chi connectivity index (χ3v) is 10.3. The normalized spacial score (nSPS) is 20.9. The average Bonchev–Trinajstić information content (AvgIpc) is 3.75. The first-order valence-corrected chi connectivity index (χ1v) is 18.2. The van der Waals surface area contributed by atoms with Gasteiger partial charge in [-0.15, -0.1) is 0 Å². The number of aliphatic imine (C=N–C) groups is 1. The molecule has 2 aliphatic carbocycles. The van der Waals surface area contributed by atoms with Crippen molar-refractivity contribution in [2.45, 2.75) is 94.7 Å². The summed E-state index contributed by atoms with van der Waals surface area (Å²) in [4.78, 5) is 17.0. The standard InChI is InChI=1S/C39H59N5O7/c1-27(45)24-43-26-50-19-14-29-13-18-39(23-29,25-41-2)51-35-22-30(21-32(36(35)48)44-37(40)42-3)38(15-5-6-16-38)17-7-8-31(46)11-9-28-10-12-33(47)34(20-28)49-4/h7-8,10,12,20-22,27,29,41,43,45,47-48H,5-6,9,11,13-19,23-26H2,1-4H3,(H3,40,42,44). The molecule has 3 unspecified atom stereocenters. The van der Waals surface area contributed by atoms with Crippen LogP contribution < -0.4 is 31.2 Å². The van der Waals surface area contributed by atoms with Crippen LogP contribution in [-0.2, 0) is 21.4 Å². The van der Waals surface area contributed by atoms with E-state index in [1.165, 1.54) is 7.11 Å². The number of methoxy groups -OCH3 is 1. The van der Waals surface area contributed by atoms with Crippen molar-refractivity contribution in [2.24, 2.45) is 16.6 Å². The zero-order valence-corrected chi connectivity index (χ0v) is 30.8. The number of rotatable bonds is 20. The van der Waals surface area contributed by atoms with Crippen LogP contribution in [0.15, 0.2) is 47.5 Å². The Morgan fingerprint density at radius 2 is 1.94 bits per heavy atom. The number of nitrogens with two attached hydrogens (primary N) is 1. The number of anilines is 1. The van der Waals surface area contributed by atoms with E-state index in [9.17, 15) is 20.1 Å². The van der Waals surface area contributed by atoms with Crippen LogP contribution in [0.1, 0.15) is 82.3 Å². The van der Waals surface area contributed by atoms with Crippen LogP contribution in [0.4, 0.5) is 5.69 Å². The molecule has 4 rings (SSSR count). The van der Waals surface area contributed by atoms with Crippen molar-refractivity contribution in [2.75, 3.05) is 52.9 Å². The summed E-state index contributed by atoms with van der Waals surface area (Å²) >= 11 is 0. The molecule has 282 valence electrons. The molecule has 2 saturated carbocycles. The first-order valence-electron chi connectivity index (χ1n) is 18.2. The molecule has 0 aliphatic heterocycles. The number of aliphatic hydroxyl groups is 1. The number of hydrogen-bond acceptors (Lipinski definition) is 10. The largest absolute Gasteiger partial charge is 0.504 e. The minimum Gasteiger partial charge on any atom is -0.504 e. The number of phenols is 2. The van der Waals surface area contributed by atoms with Gasteiger partial charge in [0.15, 0.2) is 34.7 Å². The van der Waals surface area contributed by atoms with Crippen molar-refractivity contribution in [3.63, 3.8) is 0 Å². The van der Waals surface area contributed by atoms with Crippen molar-refractivity contribution in [3.05, 3.63) is 53.6 Å². The molecule has 0 amide bonds. The van der Waals surface area contributed by atoms with Gasteiger partial charge in [-0.2, -0.15) is 0 Å². The van der Waals surface area contributed by atoms with E-state index in [1.54, 1.807) is 38.2 Å². The Labute approximate surface area is 302 Å².